The molecule has 0 saturated carbocycles. The summed E-state index contributed by atoms with van der Waals surface area (Å²) in [6.07, 6.45) is 2.32. The zero-order valence-electron chi connectivity index (χ0n) is 43.0. The lowest BCUT2D eigenvalue weighted by Gasteiger charge is -2.45. The molecular weight excluding hydrogens is 912 g/mol. The van der Waals surface area contributed by atoms with Crippen molar-refractivity contribution in [1.82, 2.24) is 0 Å². The minimum atomic E-state index is -0.164. The van der Waals surface area contributed by atoms with Gasteiger partial charge in [0.25, 0.3) is 0 Å². The lowest BCUT2D eigenvalue weighted by molar-refractivity contribution is 0.332. The van der Waals surface area contributed by atoms with Gasteiger partial charge in [0.15, 0.2) is 0 Å². The molecule has 2 aliphatic heterocycles. The first-order chi connectivity index (χ1) is 34.4. The van der Waals surface area contributed by atoms with E-state index in [9.17, 15) is 0 Å². The summed E-state index contributed by atoms with van der Waals surface area (Å²) in [5.41, 5.74) is 19.8. The number of hydrogen-bond acceptors (Lipinski definition) is 5. The van der Waals surface area contributed by atoms with Crippen LogP contribution in [0.2, 0.25) is 0 Å². The number of fused-ring (bicyclic) bond motifs is 14. The number of furan rings is 1. The second kappa shape index (κ2) is 15.0. The minimum Gasteiger partial charge on any atom is -0.455 e. The van der Waals surface area contributed by atoms with Gasteiger partial charge in [-0.1, -0.05) is 154 Å². The van der Waals surface area contributed by atoms with Crippen molar-refractivity contribution in [3.63, 3.8) is 0 Å². The Kier molecular flexibility index (Phi) is 9.19. The second-order valence-electron chi connectivity index (χ2n) is 24.4. The van der Waals surface area contributed by atoms with Crippen LogP contribution in [0, 0.1) is 0 Å². The van der Waals surface area contributed by atoms with Crippen LogP contribution in [0.5, 0.6) is 0 Å². The van der Waals surface area contributed by atoms with Crippen LogP contribution in [0.4, 0.5) is 28.4 Å². The standard InChI is InChI=1S/C66H59BN2OS2/c1-63(2,3)39-24-27-41(28-25-39)69-52-37-57-45(43-21-15-17-23-55(43)71-57)33-47(52)58-59-53(35-46-42-20-14-16-22-54(42)70-61(46)58)68(51-29-26-40(64(4,5)6)32-44(51)38-18-12-11-13-19-38)60-48-34-49-50(36-56(48)72-62(60)67(59)69)66(9,10)31-30-65(49,7)8/h11-29,32-37H,30-31H2,1-10H3. The lowest BCUT2D eigenvalue weighted by atomic mass is 9.46. The van der Waals surface area contributed by atoms with Gasteiger partial charge in [-0.2, -0.15) is 0 Å². The highest BCUT2D eigenvalue weighted by Crippen LogP contribution is 2.57. The van der Waals surface area contributed by atoms with E-state index in [1.165, 1.54) is 120 Å². The number of para-hydroxylation sites is 1. The fourth-order valence-electron chi connectivity index (χ4n) is 12.7. The van der Waals surface area contributed by atoms with E-state index in [1.807, 2.05) is 22.7 Å². The lowest BCUT2D eigenvalue weighted by Crippen LogP contribution is -2.60. The molecule has 0 atom stereocenters. The molecule has 72 heavy (non-hydrogen) atoms. The maximum atomic E-state index is 7.27. The van der Waals surface area contributed by atoms with Crippen LogP contribution in [0.3, 0.4) is 0 Å². The van der Waals surface area contributed by atoms with Gasteiger partial charge in [-0.15, -0.1) is 22.7 Å². The highest BCUT2D eigenvalue weighted by atomic mass is 32.1. The summed E-state index contributed by atoms with van der Waals surface area (Å²) in [6, 6.07) is 58.3. The average Bonchev–Trinajstić information content (AvgIpc) is 4.05. The summed E-state index contributed by atoms with van der Waals surface area (Å²) in [6.45, 7) is 23.7. The Morgan fingerprint density at radius 2 is 1.17 bits per heavy atom. The largest absolute Gasteiger partial charge is 0.455 e. The van der Waals surface area contributed by atoms with E-state index < -0.39 is 0 Å². The number of benzene rings is 8. The molecule has 0 N–H and O–H groups in total. The van der Waals surface area contributed by atoms with Crippen LogP contribution >= 0.6 is 22.7 Å². The molecule has 0 amide bonds. The molecule has 14 rings (SSSR count). The molecule has 11 aromatic rings. The van der Waals surface area contributed by atoms with Crippen LogP contribution in [0.1, 0.15) is 104 Å². The number of thiophene rings is 2. The van der Waals surface area contributed by atoms with E-state index in [0.717, 1.165) is 28.4 Å². The van der Waals surface area contributed by atoms with Crippen LogP contribution in [-0.2, 0) is 21.7 Å². The zero-order valence-corrected chi connectivity index (χ0v) is 44.7. The number of anilines is 5. The Morgan fingerprint density at radius 1 is 0.514 bits per heavy atom. The van der Waals surface area contributed by atoms with Crippen molar-refractivity contribution in [1.29, 1.82) is 0 Å². The van der Waals surface area contributed by atoms with Crippen LogP contribution in [0.25, 0.3) is 74.5 Å². The first-order valence-electron chi connectivity index (χ1n) is 25.9. The Hall–Kier alpha value is -6.60. The molecule has 354 valence electrons. The van der Waals surface area contributed by atoms with Crippen LogP contribution < -0.4 is 20.0 Å². The van der Waals surface area contributed by atoms with Crippen molar-refractivity contribution in [2.75, 3.05) is 9.71 Å². The summed E-state index contributed by atoms with van der Waals surface area (Å²) in [4.78, 5) is 5.42. The quantitative estimate of drug-likeness (QED) is 0.165. The van der Waals surface area contributed by atoms with Gasteiger partial charge in [0.05, 0.1) is 11.4 Å². The van der Waals surface area contributed by atoms with Crippen LogP contribution in [0.15, 0.2) is 156 Å². The van der Waals surface area contributed by atoms with E-state index in [2.05, 4.69) is 231 Å². The van der Waals surface area contributed by atoms with E-state index in [-0.39, 0.29) is 28.5 Å². The predicted molar refractivity (Wildman–Crippen MR) is 314 cm³/mol. The number of hydrogen-bond donors (Lipinski definition) is 0. The third kappa shape index (κ3) is 6.34. The van der Waals surface area contributed by atoms with Gasteiger partial charge in [-0.25, -0.2) is 0 Å². The molecule has 0 unspecified atom stereocenters. The molecule has 3 nitrogen and oxygen atoms in total. The van der Waals surface area contributed by atoms with Crippen molar-refractivity contribution < 1.29 is 4.42 Å². The summed E-state index contributed by atoms with van der Waals surface area (Å²) >= 11 is 3.91. The Morgan fingerprint density at radius 3 is 1.90 bits per heavy atom. The minimum absolute atomic E-state index is 0.0118. The molecule has 0 radical (unpaired) electrons. The van der Waals surface area contributed by atoms with Gasteiger partial charge in [-0.05, 0) is 135 Å². The zero-order chi connectivity index (χ0) is 49.4. The topological polar surface area (TPSA) is 19.6 Å². The highest BCUT2D eigenvalue weighted by Gasteiger charge is 2.49. The van der Waals surface area contributed by atoms with Gasteiger partial charge in [-0.3, -0.25) is 0 Å². The SMILES string of the molecule is CC(C)(C)c1ccc(N2B3c4sc5cc6c(cc5c4N(c4ccc(C(C)(C)C)cc4-c4ccccc4)c4cc5c(oc7ccccc75)c(c43)-c3cc4c(cc32)sc2ccccc24)C(C)(C)CCC6(C)C)cc1. The highest BCUT2D eigenvalue weighted by molar-refractivity contribution is 7.32. The van der Waals surface area contributed by atoms with Gasteiger partial charge in [0.2, 0.25) is 0 Å². The number of rotatable bonds is 3. The summed E-state index contributed by atoms with van der Waals surface area (Å²) in [5.74, 6) is 0. The second-order valence-corrected chi connectivity index (χ2v) is 26.5. The van der Waals surface area contributed by atoms with Crippen molar-refractivity contribution in [3.8, 4) is 22.3 Å². The summed E-state index contributed by atoms with van der Waals surface area (Å²) in [5, 5.41) is 6.19. The predicted octanol–water partition coefficient (Wildman–Crippen LogP) is 18.5. The Balaban J connectivity index is 1.19. The van der Waals surface area contributed by atoms with Crippen molar-refractivity contribution >= 4 is 120 Å². The van der Waals surface area contributed by atoms with Crippen molar-refractivity contribution in [2.45, 2.75) is 104 Å². The van der Waals surface area contributed by atoms with E-state index in [4.69, 9.17) is 4.42 Å². The molecule has 3 aliphatic rings. The Labute approximate surface area is 431 Å². The van der Waals surface area contributed by atoms with Gasteiger partial charge >= 0.3 is 6.85 Å². The molecule has 1 aliphatic carbocycles. The normalized spacial score (nSPS) is 15.9. The molecule has 6 heteroatoms. The molecule has 5 heterocycles. The fourth-order valence-corrected chi connectivity index (χ4v) is 15.1. The molecule has 0 saturated heterocycles. The smallest absolute Gasteiger partial charge is 0.343 e. The molecule has 0 spiro atoms. The fraction of sp³-hybridized carbons (Fsp3) is 0.242. The average molecular weight is 971 g/mol. The maximum absolute atomic E-state index is 7.27. The summed E-state index contributed by atoms with van der Waals surface area (Å²) < 4.78 is 12.6. The first kappa shape index (κ1) is 44.1. The van der Waals surface area contributed by atoms with Crippen LogP contribution in [-0.4, -0.2) is 6.85 Å². The number of nitrogens with zero attached hydrogens (tertiary/aromatic N) is 2. The van der Waals surface area contributed by atoms with Crippen molar-refractivity contribution in [2.24, 2.45) is 0 Å². The third-order valence-electron chi connectivity index (χ3n) is 16.8. The molecule has 8 aromatic carbocycles. The van der Waals surface area contributed by atoms with E-state index in [1.54, 1.807) is 0 Å². The molecular formula is C66H59BN2OS2. The van der Waals surface area contributed by atoms with Gasteiger partial charge in [0.1, 0.15) is 11.2 Å². The maximum Gasteiger partial charge on any atom is 0.343 e. The van der Waals surface area contributed by atoms with E-state index in [0.29, 0.717) is 0 Å². The molecule has 0 bridgehead atoms. The van der Waals surface area contributed by atoms with Gasteiger partial charge < -0.3 is 14.1 Å². The monoisotopic (exact) mass is 970 g/mol. The molecule has 3 aromatic heterocycles. The summed E-state index contributed by atoms with van der Waals surface area (Å²) in [7, 11) is 0. The van der Waals surface area contributed by atoms with Crippen molar-refractivity contribution in [3.05, 3.63) is 174 Å². The first-order valence-corrected chi connectivity index (χ1v) is 27.5. The Bertz CT molecular complexity index is 4080. The van der Waals surface area contributed by atoms with Gasteiger partial charge in [0, 0.05) is 79.6 Å². The third-order valence-corrected chi connectivity index (χ3v) is 19.1. The molecule has 0 fully saturated rings. The van der Waals surface area contributed by atoms with E-state index >= 15 is 0 Å².